The molecule has 24 heavy (non-hydrogen) atoms. The number of amides is 1. The number of carbonyl (C=O) groups excluding carboxylic acids is 1. The molecule has 2 aromatic heterocycles. The quantitative estimate of drug-likeness (QED) is 0.780. The van der Waals surface area contributed by atoms with Gasteiger partial charge in [-0.05, 0) is 24.3 Å². The number of rotatable bonds is 5. The maximum absolute atomic E-state index is 12.4. The van der Waals surface area contributed by atoms with Crippen LogP contribution in [0.1, 0.15) is 10.4 Å². The second-order valence-electron chi connectivity index (χ2n) is 4.93. The zero-order chi connectivity index (χ0) is 16.9. The standard InChI is InChI=1S/C17H16N4O3/c1-23-14-7-12(8-15(9-14)24-2)17(22)20-13-3-4-16(19-10-13)21-6-5-18-11-21/h3-11H,1-2H3,(H,20,22). The normalized spacial score (nSPS) is 10.2. The van der Waals surface area contributed by atoms with Gasteiger partial charge in [0, 0.05) is 24.0 Å². The number of nitrogens with zero attached hydrogens (tertiary/aromatic N) is 3. The first-order valence-corrected chi connectivity index (χ1v) is 7.18. The lowest BCUT2D eigenvalue weighted by Gasteiger charge is -2.09. The molecular weight excluding hydrogens is 308 g/mol. The van der Waals surface area contributed by atoms with Gasteiger partial charge in [0.1, 0.15) is 23.6 Å². The van der Waals surface area contributed by atoms with Crippen LogP contribution >= 0.6 is 0 Å². The minimum atomic E-state index is -0.274. The Bertz CT molecular complexity index is 807. The Morgan fingerprint density at radius 2 is 1.88 bits per heavy atom. The Morgan fingerprint density at radius 1 is 1.12 bits per heavy atom. The number of benzene rings is 1. The van der Waals surface area contributed by atoms with Crippen molar-refractivity contribution in [1.82, 2.24) is 14.5 Å². The maximum Gasteiger partial charge on any atom is 0.255 e. The molecule has 0 aliphatic carbocycles. The predicted molar refractivity (Wildman–Crippen MR) is 88.9 cm³/mol. The Labute approximate surface area is 138 Å². The molecule has 0 saturated heterocycles. The molecule has 0 spiro atoms. The number of imidazole rings is 1. The third-order valence-corrected chi connectivity index (χ3v) is 3.39. The van der Waals surface area contributed by atoms with E-state index in [1.807, 2.05) is 0 Å². The number of hydrogen-bond acceptors (Lipinski definition) is 5. The average molecular weight is 324 g/mol. The van der Waals surface area contributed by atoms with Gasteiger partial charge >= 0.3 is 0 Å². The minimum Gasteiger partial charge on any atom is -0.497 e. The fourth-order valence-electron chi connectivity index (χ4n) is 2.15. The molecule has 0 unspecified atom stereocenters. The van der Waals surface area contributed by atoms with Crippen LogP contribution < -0.4 is 14.8 Å². The largest absolute Gasteiger partial charge is 0.497 e. The fraction of sp³-hybridized carbons (Fsp3) is 0.118. The van der Waals surface area contributed by atoms with Crippen LogP contribution in [0.5, 0.6) is 11.5 Å². The first-order chi connectivity index (χ1) is 11.7. The highest BCUT2D eigenvalue weighted by molar-refractivity contribution is 6.04. The summed E-state index contributed by atoms with van der Waals surface area (Å²) < 4.78 is 12.1. The SMILES string of the molecule is COc1cc(OC)cc(C(=O)Nc2ccc(-n3ccnc3)nc2)c1. The van der Waals surface area contributed by atoms with E-state index in [-0.39, 0.29) is 5.91 Å². The number of nitrogens with one attached hydrogen (secondary N) is 1. The van der Waals surface area contributed by atoms with Crippen LogP contribution in [0.3, 0.4) is 0 Å². The van der Waals surface area contributed by atoms with Gasteiger partial charge in [0.05, 0.1) is 26.1 Å². The summed E-state index contributed by atoms with van der Waals surface area (Å²) in [5.41, 5.74) is 1.02. The van der Waals surface area contributed by atoms with E-state index >= 15 is 0 Å². The molecule has 3 rings (SSSR count). The van der Waals surface area contributed by atoms with Gasteiger partial charge in [-0.3, -0.25) is 9.36 Å². The van der Waals surface area contributed by atoms with E-state index < -0.39 is 0 Å². The van der Waals surface area contributed by atoms with Crippen LogP contribution in [0.2, 0.25) is 0 Å². The monoisotopic (exact) mass is 324 g/mol. The Hall–Kier alpha value is -3.35. The molecule has 1 aromatic carbocycles. The van der Waals surface area contributed by atoms with Crippen LogP contribution in [0.15, 0.2) is 55.2 Å². The number of hydrogen-bond donors (Lipinski definition) is 1. The van der Waals surface area contributed by atoms with Gasteiger partial charge in [-0.2, -0.15) is 0 Å². The number of methoxy groups -OCH3 is 2. The highest BCUT2D eigenvalue weighted by Crippen LogP contribution is 2.23. The molecule has 0 aliphatic rings. The molecule has 0 fully saturated rings. The second kappa shape index (κ2) is 6.82. The van der Waals surface area contributed by atoms with Crippen LogP contribution in [-0.4, -0.2) is 34.7 Å². The van der Waals surface area contributed by atoms with Crippen molar-refractivity contribution in [3.8, 4) is 17.3 Å². The summed E-state index contributed by atoms with van der Waals surface area (Å²) in [6.45, 7) is 0. The number of carbonyl (C=O) groups is 1. The topological polar surface area (TPSA) is 78.3 Å². The molecule has 2 heterocycles. The van der Waals surface area contributed by atoms with E-state index in [1.54, 1.807) is 59.8 Å². The molecule has 0 bridgehead atoms. The molecule has 1 N–H and O–H groups in total. The molecular formula is C17H16N4O3. The van der Waals surface area contributed by atoms with Crippen LogP contribution in [-0.2, 0) is 0 Å². The summed E-state index contributed by atoms with van der Waals surface area (Å²) in [6, 6.07) is 8.57. The lowest BCUT2D eigenvalue weighted by molar-refractivity contribution is 0.102. The molecule has 122 valence electrons. The smallest absolute Gasteiger partial charge is 0.255 e. The highest BCUT2D eigenvalue weighted by atomic mass is 16.5. The van der Waals surface area contributed by atoms with Crippen molar-refractivity contribution in [3.63, 3.8) is 0 Å². The van der Waals surface area contributed by atoms with Gasteiger partial charge in [0.15, 0.2) is 0 Å². The molecule has 1 amide bonds. The van der Waals surface area contributed by atoms with E-state index in [0.717, 1.165) is 0 Å². The summed E-state index contributed by atoms with van der Waals surface area (Å²) in [5, 5.41) is 2.80. The molecule has 0 atom stereocenters. The lowest BCUT2D eigenvalue weighted by atomic mass is 10.2. The van der Waals surface area contributed by atoms with Gasteiger partial charge in [0.25, 0.3) is 5.91 Å². The van der Waals surface area contributed by atoms with Crippen molar-refractivity contribution in [3.05, 3.63) is 60.8 Å². The lowest BCUT2D eigenvalue weighted by Crippen LogP contribution is -2.12. The van der Waals surface area contributed by atoms with Crippen molar-refractivity contribution >= 4 is 11.6 Å². The van der Waals surface area contributed by atoms with E-state index in [1.165, 1.54) is 14.2 Å². The Balaban J connectivity index is 1.77. The molecule has 7 heteroatoms. The molecule has 0 saturated carbocycles. The van der Waals surface area contributed by atoms with Crippen LogP contribution in [0.25, 0.3) is 5.82 Å². The van der Waals surface area contributed by atoms with E-state index in [0.29, 0.717) is 28.6 Å². The summed E-state index contributed by atoms with van der Waals surface area (Å²) in [4.78, 5) is 20.7. The summed E-state index contributed by atoms with van der Waals surface area (Å²) >= 11 is 0. The van der Waals surface area contributed by atoms with Crippen molar-refractivity contribution < 1.29 is 14.3 Å². The Kier molecular flexibility index (Phi) is 4.42. The Morgan fingerprint density at radius 3 is 2.42 bits per heavy atom. The predicted octanol–water partition coefficient (Wildman–Crippen LogP) is 2.54. The number of aromatic nitrogens is 3. The van der Waals surface area contributed by atoms with Crippen LogP contribution in [0, 0.1) is 0 Å². The third-order valence-electron chi connectivity index (χ3n) is 3.39. The van der Waals surface area contributed by atoms with Gasteiger partial charge in [-0.15, -0.1) is 0 Å². The molecule has 3 aromatic rings. The van der Waals surface area contributed by atoms with Gasteiger partial charge in [-0.1, -0.05) is 0 Å². The maximum atomic E-state index is 12.4. The first-order valence-electron chi connectivity index (χ1n) is 7.18. The third kappa shape index (κ3) is 3.35. The second-order valence-corrected chi connectivity index (χ2v) is 4.93. The first kappa shape index (κ1) is 15.5. The summed E-state index contributed by atoms with van der Waals surface area (Å²) in [6.07, 6.45) is 6.71. The van der Waals surface area contributed by atoms with E-state index in [9.17, 15) is 4.79 Å². The fourth-order valence-corrected chi connectivity index (χ4v) is 2.15. The van der Waals surface area contributed by atoms with Gasteiger partial charge < -0.3 is 14.8 Å². The van der Waals surface area contributed by atoms with Crippen molar-refractivity contribution in [1.29, 1.82) is 0 Å². The van der Waals surface area contributed by atoms with Gasteiger partial charge in [0.2, 0.25) is 0 Å². The van der Waals surface area contributed by atoms with E-state index in [2.05, 4.69) is 15.3 Å². The van der Waals surface area contributed by atoms with E-state index in [4.69, 9.17) is 9.47 Å². The van der Waals surface area contributed by atoms with Crippen molar-refractivity contribution in [2.45, 2.75) is 0 Å². The number of ether oxygens (including phenoxy) is 2. The molecule has 7 nitrogen and oxygen atoms in total. The van der Waals surface area contributed by atoms with Gasteiger partial charge in [-0.25, -0.2) is 9.97 Å². The molecule has 0 radical (unpaired) electrons. The number of anilines is 1. The van der Waals surface area contributed by atoms with Crippen LogP contribution in [0.4, 0.5) is 5.69 Å². The summed E-state index contributed by atoms with van der Waals surface area (Å²) in [5.74, 6) is 1.54. The van der Waals surface area contributed by atoms with Crippen molar-refractivity contribution in [2.24, 2.45) is 0 Å². The zero-order valence-electron chi connectivity index (χ0n) is 13.3. The zero-order valence-corrected chi connectivity index (χ0v) is 13.3. The van der Waals surface area contributed by atoms with Crippen molar-refractivity contribution in [2.75, 3.05) is 19.5 Å². The average Bonchev–Trinajstić information content (AvgIpc) is 3.16. The molecule has 0 aliphatic heterocycles. The minimum absolute atomic E-state index is 0.274. The highest BCUT2D eigenvalue weighted by Gasteiger charge is 2.10. The number of pyridine rings is 1. The summed E-state index contributed by atoms with van der Waals surface area (Å²) in [7, 11) is 3.07.